The van der Waals surface area contributed by atoms with E-state index in [-0.39, 0.29) is 11.6 Å². The van der Waals surface area contributed by atoms with Gasteiger partial charge in [-0.3, -0.25) is 4.98 Å². The molecule has 0 aliphatic heterocycles. The van der Waals surface area contributed by atoms with Crippen LogP contribution in [0.15, 0.2) is 10.7 Å². The molecule has 0 aromatic carbocycles. The Bertz CT molecular complexity index is 317. The summed E-state index contributed by atoms with van der Waals surface area (Å²) < 4.78 is 25.4. The summed E-state index contributed by atoms with van der Waals surface area (Å²) in [6.45, 7) is 1.78. The molecule has 0 aliphatic carbocycles. The summed E-state index contributed by atoms with van der Waals surface area (Å²) in [4.78, 5) is 3.64. The lowest BCUT2D eigenvalue weighted by Gasteiger charge is -2.08. The summed E-state index contributed by atoms with van der Waals surface area (Å²) in [5.74, 6) is 0.0366. The highest BCUT2D eigenvalue weighted by Crippen LogP contribution is 2.30. The van der Waals surface area contributed by atoms with Crippen LogP contribution in [0, 0.1) is 6.92 Å². The van der Waals surface area contributed by atoms with Gasteiger partial charge in [-0.15, -0.1) is 11.6 Å². The quantitative estimate of drug-likeness (QED) is 0.744. The van der Waals surface area contributed by atoms with Gasteiger partial charge in [0.25, 0.3) is 6.43 Å². The molecule has 0 spiro atoms. The number of aryl methyl sites for hydroxylation is 1. The second kappa shape index (κ2) is 4.33. The predicted molar refractivity (Wildman–Crippen MR) is 51.2 cm³/mol. The molecule has 0 fully saturated rings. The highest BCUT2D eigenvalue weighted by atomic mass is 79.9. The first kappa shape index (κ1) is 10.9. The average molecular weight is 271 g/mol. The van der Waals surface area contributed by atoms with E-state index < -0.39 is 6.43 Å². The highest BCUT2D eigenvalue weighted by Gasteiger charge is 2.17. The predicted octanol–water partition coefficient (Wildman–Crippen LogP) is 3.83. The highest BCUT2D eigenvalue weighted by molar-refractivity contribution is 9.10. The van der Waals surface area contributed by atoms with Crippen LogP contribution in [0.2, 0.25) is 0 Å². The minimum Gasteiger partial charge on any atom is -0.255 e. The van der Waals surface area contributed by atoms with Crippen LogP contribution in [-0.2, 0) is 5.88 Å². The molecule has 0 N–H and O–H groups in total. The average Bonchev–Trinajstić information content (AvgIpc) is 2.09. The van der Waals surface area contributed by atoms with E-state index in [0.717, 1.165) is 5.56 Å². The molecule has 0 saturated carbocycles. The van der Waals surface area contributed by atoms with Gasteiger partial charge in [0.2, 0.25) is 0 Å². The van der Waals surface area contributed by atoms with Crippen molar-refractivity contribution in [1.29, 1.82) is 0 Å². The van der Waals surface area contributed by atoms with Gasteiger partial charge in [-0.05, 0) is 12.5 Å². The van der Waals surface area contributed by atoms with E-state index in [1.54, 1.807) is 6.92 Å². The maximum Gasteiger partial charge on any atom is 0.280 e. The molecule has 1 aromatic rings. The summed E-state index contributed by atoms with van der Waals surface area (Å²) in [6.07, 6.45) is -1.17. The van der Waals surface area contributed by atoms with Crippen molar-refractivity contribution in [1.82, 2.24) is 4.98 Å². The van der Waals surface area contributed by atoms with Gasteiger partial charge in [-0.2, -0.15) is 0 Å². The normalized spacial score (nSPS) is 10.9. The summed E-state index contributed by atoms with van der Waals surface area (Å²) in [7, 11) is 0. The summed E-state index contributed by atoms with van der Waals surface area (Å²) >= 11 is 8.75. The molecule has 0 unspecified atom stereocenters. The van der Waals surface area contributed by atoms with Crippen molar-refractivity contribution in [2.75, 3.05) is 0 Å². The van der Waals surface area contributed by atoms with Gasteiger partial charge in [-0.1, -0.05) is 15.9 Å². The van der Waals surface area contributed by atoms with E-state index in [0.29, 0.717) is 10.0 Å². The van der Waals surface area contributed by atoms with Crippen LogP contribution in [0.1, 0.15) is 23.2 Å². The van der Waals surface area contributed by atoms with Crippen LogP contribution in [-0.4, -0.2) is 4.98 Å². The fourth-order valence-corrected chi connectivity index (χ4v) is 1.84. The Kier molecular flexibility index (Phi) is 3.62. The first-order valence-corrected chi connectivity index (χ1v) is 4.88. The minimum atomic E-state index is -2.58. The third-order valence-electron chi connectivity index (χ3n) is 1.66. The van der Waals surface area contributed by atoms with Crippen LogP contribution in [0.4, 0.5) is 8.78 Å². The Hall–Kier alpha value is -0.220. The lowest BCUT2D eigenvalue weighted by molar-refractivity contribution is 0.145. The first-order chi connectivity index (χ1) is 6.07. The zero-order chi connectivity index (χ0) is 10.0. The number of hydrogen-bond donors (Lipinski definition) is 0. The van der Waals surface area contributed by atoms with Crippen LogP contribution in [0.5, 0.6) is 0 Å². The van der Waals surface area contributed by atoms with Crippen LogP contribution in [0.25, 0.3) is 0 Å². The van der Waals surface area contributed by atoms with Gasteiger partial charge in [0, 0.05) is 16.2 Å². The molecule has 0 amide bonds. The van der Waals surface area contributed by atoms with Crippen LogP contribution >= 0.6 is 27.5 Å². The Balaban J connectivity index is 3.30. The monoisotopic (exact) mass is 269 g/mol. The zero-order valence-electron chi connectivity index (χ0n) is 6.82. The Morgan fingerprint density at radius 3 is 2.69 bits per heavy atom. The van der Waals surface area contributed by atoms with E-state index in [1.807, 2.05) is 0 Å². The molecule has 5 heteroatoms. The lowest BCUT2D eigenvalue weighted by Crippen LogP contribution is -1.99. The standard InChI is InChI=1S/C8H7BrClF2N/c1-4-3-13-7(8(11)12)5(2-10)6(4)9/h3,8H,2H2,1H3. The first-order valence-electron chi connectivity index (χ1n) is 3.56. The molecule has 0 atom stereocenters. The topological polar surface area (TPSA) is 12.9 Å². The Morgan fingerprint density at radius 2 is 2.23 bits per heavy atom. The van der Waals surface area contributed by atoms with Crippen molar-refractivity contribution < 1.29 is 8.78 Å². The summed E-state index contributed by atoms with van der Waals surface area (Å²) in [6, 6.07) is 0. The van der Waals surface area contributed by atoms with E-state index in [4.69, 9.17) is 11.6 Å². The van der Waals surface area contributed by atoms with Gasteiger partial charge >= 0.3 is 0 Å². The second-order valence-corrected chi connectivity index (χ2v) is 3.61. The van der Waals surface area contributed by atoms with Crippen LogP contribution < -0.4 is 0 Å². The van der Waals surface area contributed by atoms with Crippen molar-refractivity contribution in [2.24, 2.45) is 0 Å². The lowest BCUT2D eigenvalue weighted by atomic mass is 10.2. The van der Waals surface area contributed by atoms with Gasteiger partial charge in [-0.25, -0.2) is 8.78 Å². The SMILES string of the molecule is Cc1cnc(C(F)F)c(CCl)c1Br. The number of rotatable bonds is 2. The number of halogens is 4. The number of hydrogen-bond acceptors (Lipinski definition) is 1. The van der Waals surface area contributed by atoms with E-state index in [2.05, 4.69) is 20.9 Å². The van der Waals surface area contributed by atoms with Crippen molar-refractivity contribution in [2.45, 2.75) is 19.2 Å². The zero-order valence-corrected chi connectivity index (χ0v) is 9.16. The summed E-state index contributed by atoms with van der Waals surface area (Å²) in [5, 5.41) is 0. The van der Waals surface area contributed by atoms with Crippen LogP contribution in [0.3, 0.4) is 0 Å². The number of aromatic nitrogens is 1. The number of nitrogens with zero attached hydrogens (tertiary/aromatic N) is 1. The van der Waals surface area contributed by atoms with Crippen molar-refractivity contribution in [3.8, 4) is 0 Å². The molecule has 1 rings (SSSR count). The molecule has 1 aromatic heterocycles. The molecule has 1 heterocycles. The molecule has 0 radical (unpaired) electrons. The van der Waals surface area contributed by atoms with Gasteiger partial charge < -0.3 is 0 Å². The summed E-state index contributed by atoms with van der Waals surface area (Å²) in [5.41, 5.74) is 0.934. The van der Waals surface area contributed by atoms with Crippen molar-refractivity contribution >= 4 is 27.5 Å². The van der Waals surface area contributed by atoms with Crippen molar-refractivity contribution in [3.05, 3.63) is 27.5 Å². The molecular formula is C8H7BrClF2N. The van der Waals surface area contributed by atoms with E-state index in [1.165, 1.54) is 6.20 Å². The number of alkyl halides is 3. The molecule has 1 nitrogen and oxygen atoms in total. The fraction of sp³-hybridized carbons (Fsp3) is 0.375. The third-order valence-corrected chi connectivity index (χ3v) is 3.03. The van der Waals surface area contributed by atoms with Crippen molar-refractivity contribution in [3.63, 3.8) is 0 Å². The molecule has 0 bridgehead atoms. The van der Waals surface area contributed by atoms with E-state index >= 15 is 0 Å². The molecule has 13 heavy (non-hydrogen) atoms. The Morgan fingerprint density at radius 1 is 1.62 bits per heavy atom. The smallest absolute Gasteiger partial charge is 0.255 e. The Labute approximate surface area is 88.2 Å². The van der Waals surface area contributed by atoms with Gasteiger partial charge in [0.05, 0.1) is 5.88 Å². The van der Waals surface area contributed by atoms with E-state index in [9.17, 15) is 8.78 Å². The third kappa shape index (κ3) is 2.17. The van der Waals surface area contributed by atoms with Gasteiger partial charge in [0.15, 0.2) is 0 Å². The molecular weight excluding hydrogens is 263 g/mol. The minimum absolute atomic E-state index is 0.0366. The maximum absolute atomic E-state index is 12.4. The van der Waals surface area contributed by atoms with Gasteiger partial charge in [0.1, 0.15) is 5.69 Å². The number of pyridine rings is 1. The maximum atomic E-state index is 12.4. The second-order valence-electron chi connectivity index (χ2n) is 2.55. The molecule has 0 aliphatic rings. The molecule has 72 valence electrons. The largest absolute Gasteiger partial charge is 0.280 e. The molecule has 0 saturated heterocycles. The fourth-order valence-electron chi connectivity index (χ4n) is 0.967.